The summed E-state index contributed by atoms with van der Waals surface area (Å²) in [5, 5.41) is 0. The van der Waals surface area contributed by atoms with Gasteiger partial charge in [-0.2, -0.15) is 0 Å². The van der Waals surface area contributed by atoms with Crippen LogP contribution in [0.2, 0.25) is 0 Å². The average Bonchev–Trinajstić information content (AvgIpc) is 2.87. The largest absolute Gasteiger partial charge is 0.445 e. The van der Waals surface area contributed by atoms with Crippen LogP contribution in [0.15, 0.2) is 30.3 Å². The maximum Gasteiger partial charge on any atom is 0.410 e. The smallest absolute Gasteiger partial charge is 0.410 e. The molecular weight excluding hydrogens is 252 g/mol. The fourth-order valence-electron chi connectivity index (χ4n) is 3.47. The van der Waals surface area contributed by atoms with Crippen LogP contribution in [0.25, 0.3) is 0 Å². The summed E-state index contributed by atoms with van der Waals surface area (Å²) in [5.74, 6) is 1.18. The quantitative estimate of drug-likeness (QED) is 0.901. The summed E-state index contributed by atoms with van der Waals surface area (Å²) in [5.41, 5.74) is 7.16. The molecule has 1 aromatic rings. The van der Waals surface area contributed by atoms with Crippen LogP contribution in [-0.4, -0.2) is 30.1 Å². The Kier molecular flexibility index (Phi) is 3.92. The molecule has 2 aliphatic rings. The molecule has 1 aliphatic carbocycles. The zero-order valence-electron chi connectivity index (χ0n) is 11.7. The van der Waals surface area contributed by atoms with Crippen LogP contribution in [-0.2, 0) is 11.3 Å². The van der Waals surface area contributed by atoms with Crippen molar-refractivity contribution in [1.29, 1.82) is 0 Å². The van der Waals surface area contributed by atoms with E-state index in [0.29, 0.717) is 18.4 Å². The molecule has 4 nitrogen and oxygen atoms in total. The first-order valence-corrected chi connectivity index (χ1v) is 7.45. The Hall–Kier alpha value is -1.55. The number of carbonyl (C=O) groups is 1. The fraction of sp³-hybridized carbons (Fsp3) is 0.562. The molecule has 1 aliphatic heterocycles. The molecule has 1 amide bonds. The summed E-state index contributed by atoms with van der Waals surface area (Å²) in [6.07, 6.45) is 3.19. The molecule has 2 N–H and O–H groups in total. The average molecular weight is 274 g/mol. The Bertz CT molecular complexity index is 463. The first-order chi connectivity index (χ1) is 9.74. The van der Waals surface area contributed by atoms with Crippen molar-refractivity contribution in [3.05, 3.63) is 35.9 Å². The molecule has 108 valence electrons. The van der Waals surface area contributed by atoms with E-state index in [4.69, 9.17) is 10.5 Å². The number of hydrogen-bond acceptors (Lipinski definition) is 3. The molecule has 0 aromatic heterocycles. The van der Waals surface area contributed by atoms with Gasteiger partial charge < -0.3 is 15.4 Å². The molecule has 1 aromatic carbocycles. The van der Waals surface area contributed by atoms with Gasteiger partial charge in [0.2, 0.25) is 0 Å². The van der Waals surface area contributed by atoms with E-state index in [-0.39, 0.29) is 12.1 Å². The van der Waals surface area contributed by atoms with Gasteiger partial charge >= 0.3 is 6.09 Å². The number of hydrogen-bond donors (Lipinski definition) is 1. The van der Waals surface area contributed by atoms with Gasteiger partial charge in [0.1, 0.15) is 6.61 Å². The standard InChI is InChI=1S/C16H22N2O2/c17-15-7-6-13-8-9-18(10-14(13)15)16(19)20-11-12-4-2-1-3-5-12/h1-5,13-15H,6-11,17H2/t13-,14+,15-/m0/s1. The monoisotopic (exact) mass is 274 g/mol. The van der Waals surface area contributed by atoms with Gasteiger partial charge in [-0.15, -0.1) is 0 Å². The summed E-state index contributed by atoms with van der Waals surface area (Å²) in [6, 6.07) is 10.0. The lowest BCUT2D eigenvalue weighted by molar-refractivity contribution is 0.0681. The lowest BCUT2D eigenvalue weighted by atomic mass is 9.87. The number of carbonyl (C=O) groups excluding carboxylic acids is 1. The molecule has 0 radical (unpaired) electrons. The van der Waals surface area contributed by atoms with Crippen LogP contribution in [0.3, 0.4) is 0 Å². The van der Waals surface area contributed by atoms with Crippen molar-refractivity contribution in [3.63, 3.8) is 0 Å². The van der Waals surface area contributed by atoms with E-state index in [2.05, 4.69) is 0 Å². The molecule has 1 saturated carbocycles. The van der Waals surface area contributed by atoms with Gasteiger partial charge in [-0.25, -0.2) is 4.79 Å². The van der Waals surface area contributed by atoms with Crippen molar-refractivity contribution in [2.75, 3.05) is 13.1 Å². The molecule has 1 saturated heterocycles. The number of nitrogens with zero attached hydrogens (tertiary/aromatic N) is 1. The molecule has 1 heterocycles. The van der Waals surface area contributed by atoms with Crippen LogP contribution in [0.1, 0.15) is 24.8 Å². The third kappa shape index (κ3) is 2.80. The molecule has 4 heteroatoms. The summed E-state index contributed by atoms with van der Waals surface area (Å²) in [4.78, 5) is 14.0. The van der Waals surface area contributed by atoms with E-state index in [1.807, 2.05) is 35.2 Å². The highest BCUT2D eigenvalue weighted by Crippen LogP contribution is 2.37. The maximum atomic E-state index is 12.1. The molecule has 2 fully saturated rings. The first-order valence-electron chi connectivity index (χ1n) is 7.45. The third-order valence-corrected chi connectivity index (χ3v) is 4.69. The second-order valence-corrected chi connectivity index (χ2v) is 5.94. The lowest BCUT2D eigenvalue weighted by Gasteiger charge is -2.35. The third-order valence-electron chi connectivity index (χ3n) is 4.69. The highest BCUT2D eigenvalue weighted by molar-refractivity contribution is 5.67. The molecule has 0 spiro atoms. The van der Waals surface area contributed by atoms with Gasteiger partial charge in [0.25, 0.3) is 0 Å². The highest BCUT2D eigenvalue weighted by Gasteiger charge is 2.39. The van der Waals surface area contributed by atoms with E-state index >= 15 is 0 Å². The van der Waals surface area contributed by atoms with Crippen molar-refractivity contribution >= 4 is 6.09 Å². The SMILES string of the molecule is N[C@H]1CC[C@H]2CCN(C(=O)OCc3ccccc3)C[C@H]21. The summed E-state index contributed by atoms with van der Waals surface area (Å²) in [6.45, 7) is 1.91. The van der Waals surface area contributed by atoms with Crippen molar-refractivity contribution < 1.29 is 9.53 Å². The molecule has 3 rings (SSSR count). The van der Waals surface area contributed by atoms with Crippen molar-refractivity contribution in [2.45, 2.75) is 31.9 Å². The van der Waals surface area contributed by atoms with Gasteiger partial charge in [0, 0.05) is 19.1 Å². The minimum absolute atomic E-state index is 0.202. The molecular formula is C16H22N2O2. The fourth-order valence-corrected chi connectivity index (χ4v) is 3.47. The summed E-state index contributed by atoms with van der Waals surface area (Å²) < 4.78 is 5.40. The molecule has 0 unspecified atom stereocenters. The van der Waals surface area contributed by atoms with E-state index in [1.165, 1.54) is 6.42 Å². The van der Waals surface area contributed by atoms with Gasteiger partial charge in [-0.3, -0.25) is 0 Å². The normalized spacial score (nSPS) is 29.1. The summed E-state index contributed by atoms with van der Waals surface area (Å²) >= 11 is 0. The Balaban J connectivity index is 1.53. The number of fused-ring (bicyclic) bond motifs is 1. The number of amides is 1. The molecule has 3 atom stereocenters. The summed E-state index contributed by atoms with van der Waals surface area (Å²) in [7, 11) is 0. The van der Waals surface area contributed by atoms with Crippen LogP contribution in [0, 0.1) is 11.8 Å². The van der Waals surface area contributed by atoms with E-state index in [1.54, 1.807) is 0 Å². The van der Waals surface area contributed by atoms with Crippen LogP contribution < -0.4 is 5.73 Å². The van der Waals surface area contributed by atoms with Gasteiger partial charge in [0.05, 0.1) is 0 Å². The topological polar surface area (TPSA) is 55.6 Å². The van der Waals surface area contributed by atoms with Gasteiger partial charge in [0.15, 0.2) is 0 Å². The predicted molar refractivity (Wildman–Crippen MR) is 77.0 cm³/mol. The number of benzene rings is 1. The van der Waals surface area contributed by atoms with Crippen molar-refractivity contribution in [1.82, 2.24) is 4.90 Å². The van der Waals surface area contributed by atoms with Crippen LogP contribution >= 0.6 is 0 Å². The number of likely N-dealkylation sites (tertiary alicyclic amines) is 1. The second kappa shape index (κ2) is 5.83. The number of rotatable bonds is 2. The Morgan fingerprint density at radius 1 is 1.25 bits per heavy atom. The first kappa shape index (κ1) is 13.4. The Morgan fingerprint density at radius 3 is 2.85 bits per heavy atom. The zero-order valence-corrected chi connectivity index (χ0v) is 11.7. The second-order valence-electron chi connectivity index (χ2n) is 5.94. The molecule has 0 bridgehead atoms. The lowest BCUT2D eigenvalue weighted by Crippen LogP contribution is -2.46. The highest BCUT2D eigenvalue weighted by atomic mass is 16.6. The number of ether oxygens (including phenoxy) is 1. The van der Waals surface area contributed by atoms with E-state index < -0.39 is 0 Å². The molecule has 20 heavy (non-hydrogen) atoms. The zero-order chi connectivity index (χ0) is 13.9. The Morgan fingerprint density at radius 2 is 2.05 bits per heavy atom. The van der Waals surface area contributed by atoms with E-state index in [9.17, 15) is 4.79 Å². The van der Waals surface area contributed by atoms with Crippen LogP contribution in [0.5, 0.6) is 0 Å². The van der Waals surface area contributed by atoms with Gasteiger partial charge in [-0.1, -0.05) is 30.3 Å². The minimum atomic E-state index is -0.202. The van der Waals surface area contributed by atoms with Gasteiger partial charge in [-0.05, 0) is 36.7 Å². The predicted octanol–water partition coefficient (Wildman–Crippen LogP) is 2.38. The maximum absolute atomic E-state index is 12.1. The number of piperidine rings is 1. The van der Waals surface area contributed by atoms with Crippen LogP contribution in [0.4, 0.5) is 4.79 Å². The van der Waals surface area contributed by atoms with Crippen molar-refractivity contribution in [2.24, 2.45) is 17.6 Å². The number of nitrogens with two attached hydrogens (primary N) is 1. The Labute approximate surface area is 119 Å². The van der Waals surface area contributed by atoms with Crippen molar-refractivity contribution in [3.8, 4) is 0 Å². The minimum Gasteiger partial charge on any atom is -0.445 e. The van der Waals surface area contributed by atoms with E-state index in [0.717, 1.165) is 31.5 Å².